The highest BCUT2D eigenvalue weighted by Gasteiger charge is 2.13. The van der Waals surface area contributed by atoms with Gasteiger partial charge in [-0.1, -0.05) is 18.2 Å². The van der Waals surface area contributed by atoms with E-state index < -0.39 is 0 Å². The summed E-state index contributed by atoms with van der Waals surface area (Å²) in [6.07, 6.45) is 5.63. The summed E-state index contributed by atoms with van der Waals surface area (Å²) in [5, 5.41) is 5.38. The van der Waals surface area contributed by atoms with Crippen LogP contribution >= 0.6 is 0 Å². The summed E-state index contributed by atoms with van der Waals surface area (Å²) in [7, 11) is 0. The fraction of sp³-hybridized carbons (Fsp3) is 0.200. The number of nitrogens with two attached hydrogens (primary N) is 1. The molecule has 2 N–H and O–H groups in total. The Labute approximate surface area is 111 Å². The Hall–Kier alpha value is -2.20. The number of aromatic nitrogens is 3. The SMILES string of the molecule is CCn1cc(C(N)c2cccc3ncccc23)cn1. The number of nitrogens with zero attached hydrogens (tertiary/aromatic N) is 3. The van der Waals surface area contributed by atoms with Crippen molar-refractivity contribution in [3.63, 3.8) is 0 Å². The first-order valence-electron chi connectivity index (χ1n) is 6.41. The van der Waals surface area contributed by atoms with Gasteiger partial charge in [-0.25, -0.2) is 0 Å². The van der Waals surface area contributed by atoms with Crippen LogP contribution in [0.1, 0.15) is 24.1 Å². The highest BCUT2D eigenvalue weighted by molar-refractivity contribution is 5.82. The number of pyridine rings is 1. The van der Waals surface area contributed by atoms with Crippen molar-refractivity contribution in [1.82, 2.24) is 14.8 Å². The Bertz CT molecular complexity index is 697. The van der Waals surface area contributed by atoms with Crippen molar-refractivity contribution in [2.24, 2.45) is 5.73 Å². The lowest BCUT2D eigenvalue weighted by atomic mass is 9.98. The molecule has 0 saturated heterocycles. The van der Waals surface area contributed by atoms with E-state index in [9.17, 15) is 0 Å². The Morgan fingerprint density at radius 1 is 1.26 bits per heavy atom. The summed E-state index contributed by atoms with van der Waals surface area (Å²) in [5.41, 5.74) is 9.45. The van der Waals surface area contributed by atoms with Crippen LogP contribution in [-0.2, 0) is 6.54 Å². The van der Waals surface area contributed by atoms with E-state index in [1.54, 1.807) is 6.20 Å². The summed E-state index contributed by atoms with van der Waals surface area (Å²) in [5.74, 6) is 0. The molecule has 0 fully saturated rings. The van der Waals surface area contributed by atoms with Crippen LogP contribution in [0.5, 0.6) is 0 Å². The van der Waals surface area contributed by atoms with Crippen LogP contribution in [0.2, 0.25) is 0 Å². The van der Waals surface area contributed by atoms with Crippen LogP contribution in [0, 0.1) is 0 Å². The van der Waals surface area contributed by atoms with Gasteiger partial charge in [-0.05, 0) is 24.6 Å². The largest absolute Gasteiger partial charge is 0.320 e. The van der Waals surface area contributed by atoms with E-state index in [0.29, 0.717) is 0 Å². The van der Waals surface area contributed by atoms with Gasteiger partial charge in [0.2, 0.25) is 0 Å². The van der Waals surface area contributed by atoms with Crippen molar-refractivity contribution in [2.75, 3.05) is 0 Å². The van der Waals surface area contributed by atoms with Gasteiger partial charge in [0.15, 0.2) is 0 Å². The second-order valence-corrected chi connectivity index (χ2v) is 4.52. The normalized spacial score (nSPS) is 12.7. The number of rotatable bonds is 3. The Kier molecular flexibility index (Phi) is 3.01. The molecule has 0 aliphatic rings. The van der Waals surface area contributed by atoms with Gasteiger partial charge in [0, 0.05) is 29.9 Å². The standard InChI is InChI=1S/C15H16N4/c1-2-19-10-11(9-18-19)15(16)13-5-3-7-14-12(13)6-4-8-17-14/h3-10,15H,2,16H2,1H3. The predicted octanol–water partition coefficient (Wildman–Crippen LogP) is 2.50. The van der Waals surface area contributed by atoms with Gasteiger partial charge < -0.3 is 5.73 Å². The molecule has 1 aromatic carbocycles. The molecule has 19 heavy (non-hydrogen) atoms. The van der Waals surface area contributed by atoms with E-state index in [-0.39, 0.29) is 6.04 Å². The van der Waals surface area contributed by atoms with Gasteiger partial charge in [0.05, 0.1) is 17.8 Å². The summed E-state index contributed by atoms with van der Waals surface area (Å²) in [6.45, 7) is 2.91. The molecule has 3 aromatic rings. The zero-order valence-corrected chi connectivity index (χ0v) is 10.8. The molecular formula is C15H16N4. The lowest BCUT2D eigenvalue weighted by Gasteiger charge is -2.12. The van der Waals surface area contributed by atoms with E-state index in [4.69, 9.17) is 5.73 Å². The van der Waals surface area contributed by atoms with E-state index in [2.05, 4.69) is 29.1 Å². The number of hydrogen-bond acceptors (Lipinski definition) is 3. The van der Waals surface area contributed by atoms with E-state index >= 15 is 0 Å². The van der Waals surface area contributed by atoms with E-state index in [1.165, 1.54) is 0 Å². The third-order valence-electron chi connectivity index (χ3n) is 3.35. The average Bonchev–Trinajstić information content (AvgIpc) is 2.95. The summed E-state index contributed by atoms with van der Waals surface area (Å²) in [4.78, 5) is 4.36. The first-order chi connectivity index (χ1) is 9.29. The molecule has 1 atom stereocenters. The van der Waals surface area contributed by atoms with Gasteiger partial charge >= 0.3 is 0 Å². The van der Waals surface area contributed by atoms with Crippen LogP contribution in [0.25, 0.3) is 10.9 Å². The molecule has 2 aromatic heterocycles. The zero-order chi connectivity index (χ0) is 13.2. The second kappa shape index (κ2) is 4.82. The van der Waals surface area contributed by atoms with Crippen molar-refractivity contribution in [3.8, 4) is 0 Å². The number of hydrogen-bond donors (Lipinski definition) is 1. The third-order valence-corrected chi connectivity index (χ3v) is 3.35. The molecule has 0 spiro atoms. The predicted molar refractivity (Wildman–Crippen MR) is 75.7 cm³/mol. The summed E-state index contributed by atoms with van der Waals surface area (Å²) >= 11 is 0. The van der Waals surface area contributed by atoms with Crippen molar-refractivity contribution in [2.45, 2.75) is 19.5 Å². The fourth-order valence-corrected chi connectivity index (χ4v) is 2.29. The molecule has 3 rings (SSSR count). The van der Waals surface area contributed by atoms with Crippen LogP contribution in [0.15, 0.2) is 48.9 Å². The molecule has 0 aliphatic heterocycles. The van der Waals surface area contributed by atoms with Gasteiger partial charge in [-0.2, -0.15) is 5.10 Å². The maximum Gasteiger partial charge on any atom is 0.0705 e. The highest BCUT2D eigenvalue weighted by Crippen LogP contribution is 2.25. The monoisotopic (exact) mass is 252 g/mol. The maximum absolute atomic E-state index is 6.37. The lowest BCUT2D eigenvalue weighted by Crippen LogP contribution is -2.11. The van der Waals surface area contributed by atoms with Gasteiger partial charge in [0.25, 0.3) is 0 Å². The molecule has 4 heteroatoms. The van der Waals surface area contributed by atoms with Crippen molar-refractivity contribution in [1.29, 1.82) is 0 Å². The third kappa shape index (κ3) is 2.11. The number of benzene rings is 1. The molecule has 1 unspecified atom stereocenters. The van der Waals surface area contributed by atoms with E-state index in [1.807, 2.05) is 35.3 Å². The minimum Gasteiger partial charge on any atom is -0.320 e. The molecule has 0 saturated carbocycles. The minimum atomic E-state index is -0.173. The summed E-state index contributed by atoms with van der Waals surface area (Å²) < 4.78 is 1.89. The first kappa shape index (κ1) is 11.9. The Morgan fingerprint density at radius 3 is 2.95 bits per heavy atom. The molecule has 96 valence electrons. The lowest BCUT2D eigenvalue weighted by molar-refractivity contribution is 0.658. The summed E-state index contributed by atoms with van der Waals surface area (Å²) in [6, 6.07) is 9.87. The van der Waals surface area contributed by atoms with Gasteiger partial charge in [-0.15, -0.1) is 0 Å². The second-order valence-electron chi connectivity index (χ2n) is 4.52. The number of aryl methyl sites for hydroxylation is 1. The molecule has 0 amide bonds. The topological polar surface area (TPSA) is 56.7 Å². The molecule has 0 radical (unpaired) electrons. The minimum absolute atomic E-state index is 0.173. The molecular weight excluding hydrogens is 236 g/mol. The first-order valence-corrected chi connectivity index (χ1v) is 6.41. The maximum atomic E-state index is 6.37. The van der Waals surface area contributed by atoms with Crippen molar-refractivity contribution < 1.29 is 0 Å². The highest BCUT2D eigenvalue weighted by atomic mass is 15.3. The van der Waals surface area contributed by atoms with Gasteiger partial charge in [0.1, 0.15) is 0 Å². The average molecular weight is 252 g/mol. The van der Waals surface area contributed by atoms with Crippen molar-refractivity contribution >= 4 is 10.9 Å². The molecule has 0 aliphatic carbocycles. The van der Waals surface area contributed by atoms with Crippen LogP contribution < -0.4 is 5.73 Å². The number of fused-ring (bicyclic) bond motifs is 1. The van der Waals surface area contributed by atoms with Crippen molar-refractivity contribution in [3.05, 3.63) is 60.0 Å². The van der Waals surface area contributed by atoms with Crippen LogP contribution in [0.4, 0.5) is 0 Å². The quantitative estimate of drug-likeness (QED) is 0.779. The van der Waals surface area contributed by atoms with Crippen LogP contribution in [-0.4, -0.2) is 14.8 Å². The Morgan fingerprint density at radius 2 is 2.16 bits per heavy atom. The Balaban J connectivity index is 2.08. The van der Waals surface area contributed by atoms with Gasteiger partial charge in [-0.3, -0.25) is 9.67 Å². The zero-order valence-electron chi connectivity index (χ0n) is 10.8. The smallest absolute Gasteiger partial charge is 0.0705 e. The van der Waals surface area contributed by atoms with Crippen LogP contribution in [0.3, 0.4) is 0 Å². The van der Waals surface area contributed by atoms with E-state index in [0.717, 1.165) is 28.6 Å². The fourth-order valence-electron chi connectivity index (χ4n) is 2.29. The molecule has 4 nitrogen and oxygen atoms in total. The molecule has 2 heterocycles. The molecule has 0 bridgehead atoms.